The molecule has 0 aliphatic rings. The average molecular weight is 126 g/mol. The van der Waals surface area contributed by atoms with Crippen LogP contribution in [-0.4, -0.2) is 15.2 Å². The molecule has 1 rings (SSSR count). The van der Waals surface area contributed by atoms with Gasteiger partial charge in [0.05, 0.1) is 0 Å². The Bertz CT molecular complexity index is 220. The van der Waals surface area contributed by atoms with E-state index in [2.05, 4.69) is 15.2 Å². The standard InChI is InChI=1S/C3H6N6/c4-1-2(5)8-9-3(6)7-1/h(H2,5,8)(H4,4,6,7,9). The summed E-state index contributed by atoms with van der Waals surface area (Å²) in [5.74, 6) is 0.244. The molecule has 0 spiro atoms. The van der Waals surface area contributed by atoms with Crippen LogP contribution >= 0.6 is 0 Å². The number of nitrogen functional groups attached to an aromatic ring is 3. The molecule has 0 saturated heterocycles. The highest BCUT2D eigenvalue weighted by Gasteiger charge is 1.96. The zero-order chi connectivity index (χ0) is 6.85. The first-order chi connectivity index (χ1) is 4.20. The Kier molecular flexibility index (Phi) is 1.07. The normalized spacial score (nSPS) is 9.33. The maximum Gasteiger partial charge on any atom is 0.242 e. The monoisotopic (exact) mass is 126 g/mol. The maximum atomic E-state index is 5.20. The first-order valence-electron chi connectivity index (χ1n) is 2.21. The zero-order valence-electron chi connectivity index (χ0n) is 4.57. The minimum Gasteiger partial charge on any atom is -0.380 e. The minimum atomic E-state index is 0.0294. The third-order valence-electron chi connectivity index (χ3n) is 0.758. The van der Waals surface area contributed by atoms with E-state index in [1.807, 2.05) is 0 Å². The van der Waals surface area contributed by atoms with Gasteiger partial charge >= 0.3 is 0 Å². The van der Waals surface area contributed by atoms with Gasteiger partial charge in [-0.1, -0.05) is 0 Å². The van der Waals surface area contributed by atoms with Crippen molar-refractivity contribution in [1.82, 2.24) is 15.2 Å². The molecule has 0 unspecified atom stereocenters. The molecule has 0 saturated carbocycles. The van der Waals surface area contributed by atoms with E-state index in [1.165, 1.54) is 0 Å². The number of nitrogens with two attached hydrogens (primary N) is 3. The van der Waals surface area contributed by atoms with Gasteiger partial charge in [-0.25, -0.2) is 0 Å². The van der Waals surface area contributed by atoms with Crippen molar-refractivity contribution in [1.29, 1.82) is 0 Å². The van der Waals surface area contributed by atoms with Crippen LogP contribution in [0.1, 0.15) is 0 Å². The summed E-state index contributed by atoms with van der Waals surface area (Å²) >= 11 is 0. The van der Waals surface area contributed by atoms with Gasteiger partial charge in [0.25, 0.3) is 0 Å². The minimum absolute atomic E-state index is 0.0294. The predicted molar refractivity (Wildman–Crippen MR) is 33.1 cm³/mol. The van der Waals surface area contributed by atoms with E-state index in [1.54, 1.807) is 0 Å². The summed E-state index contributed by atoms with van der Waals surface area (Å²) in [7, 11) is 0. The second-order valence-electron chi connectivity index (χ2n) is 1.44. The van der Waals surface area contributed by atoms with Crippen molar-refractivity contribution >= 4 is 17.6 Å². The maximum absolute atomic E-state index is 5.20. The SMILES string of the molecule is Nc1nnc(N)c(N)n1. The van der Waals surface area contributed by atoms with Crippen molar-refractivity contribution in [3.8, 4) is 0 Å². The Morgan fingerprint density at radius 3 is 2.00 bits per heavy atom. The van der Waals surface area contributed by atoms with Crippen LogP contribution in [-0.2, 0) is 0 Å². The zero-order valence-corrected chi connectivity index (χ0v) is 4.57. The van der Waals surface area contributed by atoms with Crippen LogP contribution in [0.25, 0.3) is 0 Å². The quantitative estimate of drug-likeness (QED) is 0.394. The fourth-order valence-electron chi connectivity index (χ4n) is 0.359. The number of anilines is 3. The van der Waals surface area contributed by atoms with Crippen LogP contribution in [0.15, 0.2) is 0 Å². The van der Waals surface area contributed by atoms with Crippen LogP contribution < -0.4 is 17.2 Å². The van der Waals surface area contributed by atoms with Crippen molar-refractivity contribution in [2.24, 2.45) is 0 Å². The molecule has 1 heterocycles. The Labute approximate surface area is 51.1 Å². The molecule has 6 nitrogen and oxygen atoms in total. The van der Waals surface area contributed by atoms with Gasteiger partial charge in [0, 0.05) is 0 Å². The third-order valence-corrected chi connectivity index (χ3v) is 0.758. The van der Waals surface area contributed by atoms with Gasteiger partial charge < -0.3 is 17.2 Å². The summed E-state index contributed by atoms with van der Waals surface area (Å²) in [5.41, 5.74) is 15.5. The molecule has 0 amide bonds. The molecule has 0 aromatic carbocycles. The molecule has 9 heavy (non-hydrogen) atoms. The molecule has 1 aromatic heterocycles. The average Bonchev–Trinajstić information content (AvgIpc) is 1.80. The van der Waals surface area contributed by atoms with E-state index in [4.69, 9.17) is 17.2 Å². The lowest BCUT2D eigenvalue weighted by atomic mass is 10.6. The molecule has 6 N–H and O–H groups in total. The molecule has 0 radical (unpaired) electrons. The summed E-state index contributed by atoms with van der Waals surface area (Å²) in [4.78, 5) is 3.53. The van der Waals surface area contributed by atoms with Crippen molar-refractivity contribution < 1.29 is 0 Å². The molecule has 0 fully saturated rings. The van der Waals surface area contributed by atoms with Gasteiger partial charge in [-0.3, -0.25) is 0 Å². The number of nitrogens with zero attached hydrogens (tertiary/aromatic N) is 3. The van der Waals surface area contributed by atoms with Crippen molar-refractivity contribution in [2.45, 2.75) is 0 Å². The van der Waals surface area contributed by atoms with E-state index in [0.29, 0.717) is 0 Å². The summed E-state index contributed by atoms with van der Waals surface area (Å²) in [6.07, 6.45) is 0. The van der Waals surface area contributed by atoms with Gasteiger partial charge in [-0.05, 0) is 0 Å². The Balaban J connectivity index is 3.17. The highest BCUT2D eigenvalue weighted by molar-refractivity contribution is 5.52. The van der Waals surface area contributed by atoms with Crippen molar-refractivity contribution in [3.05, 3.63) is 0 Å². The lowest BCUT2D eigenvalue weighted by Crippen LogP contribution is -2.05. The number of hydrogen-bond acceptors (Lipinski definition) is 6. The summed E-state index contributed by atoms with van der Waals surface area (Å²) < 4.78 is 0. The molecular formula is C3H6N6. The molecule has 1 aromatic rings. The van der Waals surface area contributed by atoms with E-state index < -0.39 is 0 Å². The topological polar surface area (TPSA) is 117 Å². The number of aromatic nitrogens is 3. The van der Waals surface area contributed by atoms with Crippen molar-refractivity contribution in [2.75, 3.05) is 17.2 Å². The molecule has 6 heteroatoms. The van der Waals surface area contributed by atoms with Gasteiger partial charge in [0.15, 0.2) is 11.6 Å². The second-order valence-corrected chi connectivity index (χ2v) is 1.44. The van der Waals surface area contributed by atoms with E-state index in [9.17, 15) is 0 Å². The van der Waals surface area contributed by atoms with Crippen LogP contribution in [0.4, 0.5) is 17.6 Å². The molecular weight excluding hydrogens is 120 g/mol. The molecule has 0 aliphatic heterocycles. The van der Waals surface area contributed by atoms with Crippen LogP contribution in [0.5, 0.6) is 0 Å². The predicted octanol–water partition coefficient (Wildman–Crippen LogP) is -1.38. The van der Waals surface area contributed by atoms with Crippen LogP contribution in [0.2, 0.25) is 0 Å². The van der Waals surface area contributed by atoms with E-state index in [-0.39, 0.29) is 17.6 Å². The molecule has 0 atom stereocenters. The Morgan fingerprint density at radius 2 is 1.56 bits per heavy atom. The number of rotatable bonds is 0. The molecule has 0 aliphatic carbocycles. The summed E-state index contributed by atoms with van der Waals surface area (Å²) in [5, 5.41) is 6.74. The highest BCUT2D eigenvalue weighted by atomic mass is 15.2. The van der Waals surface area contributed by atoms with Crippen molar-refractivity contribution in [3.63, 3.8) is 0 Å². The molecule has 0 bridgehead atoms. The van der Waals surface area contributed by atoms with Gasteiger partial charge in [-0.15, -0.1) is 10.2 Å². The highest BCUT2D eigenvalue weighted by Crippen LogP contribution is 2.03. The van der Waals surface area contributed by atoms with Gasteiger partial charge in [-0.2, -0.15) is 4.98 Å². The van der Waals surface area contributed by atoms with E-state index in [0.717, 1.165) is 0 Å². The van der Waals surface area contributed by atoms with E-state index >= 15 is 0 Å². The second kappa shape index (κ2) is 1.73. The first kappa shape index (κ1) is 5.54. The van der Waals surface area contributed by atoms with Gasteiger partial charge in [0.2, 0.25) is 5.95 Å². The van der Waals surface area contributed by atoms with Crippen LogP contribution in [0.3, 0.4) is 0 Å². The Hall–Kier alpha value is -1.59. The lowest BCUT2D eigenvalue weighted by Gasteiger charge is -1.94. The van der Waals surface area contributed by atoms with Crippen LogP contribution in [0, 0.1) is 0 Å². The first-order valence-corrected chi connectivity index (χ1v) is 2.21. The fourth-order valence-corrected chi connectivity index (χ4v) is 0.359. The largest absolute Gasteiger partial charge is 0.380 e. The Morgan fingerprint density at radius 1 is 0.889 bits per heavy atom. The smallest absolute Gasteiger partial charge is 0.242 e. The van der Waals surface area contributed by atoms with Gasteiger partial charge in [0.1, 0.15) is 0 Å². The summed E-state index contributed by atoms with van der Waals surface area (Å²) in [6, 6.07) is 0. The number of hydrogen-bond donors (Lipinski definition) is 3. The third kappa shape index (κ3) is 0.958. The lowest BCUT2D eigenvalue weighted by molar-refractivity contribution is 1.00. The molecule has 48 valence electrons. The fraction of sp³-hybridized carbons (Fsp3) is 0. The summed E-state index contributed by atoms with van der Waals surface area (Å²) in [6.45, 7) is 0.